The monoisotopic (exact) mass is 277 g/mol. The van der Waals surface area contributed by atoms with Gasteiger partial charge in [-0.3, -0.25) is 0 Å². The van der Waals surface area contributed by atoms with Gasteiger partial charge in [0, 0.05) is 12.6 Å². The van der Waals surface area contributed by atoms with Crippen molar-refractivity contribution >= 4 is 0 Å². The summed E-state index contributed by atoms with van der Waals surface area (Å²) in [5.41, 5.74) is 0.632. The highest BCUT2D eigenvalue weighted by Crippen LogP contribution is 2.26. The van der Waals surface area contributed by atoms with Gasteiger partial charge in [0.2, 0.25) is 0 Å². The van der Waals surface area contributed by atoms with E-state index in [2.05, 4.69) is 17.4 Å². The molecule has 1 unspecified atom stereocenters. The van der Waals surface area contributed by atoms with Gasteiger partial charge in [-0.1, -0.05) is 56.0 Å². The van der Waals surface area contributed by atoms with Crippen molar-refractivity contribution < 1.29 is 10.2 Å². The SMILES string of the molecule is OCC(Cc1ccccc1)NCC1(O)CCCCCC1. The Labute approximate surface area is 122 Å². The van der Waals surface area contributed by atoms with Crippen molar-refractivity contribution in [3.63, 3.8) is 0 Å². The van der Waals surface area contributed by atoms with Crippen molar-refractivity contribution in [3.8, 4) is 0 Å². The summed E-state index contributed by atoms with van der Waals surface area (Å²) in [5, 5.41) is 23.5. The maximum absolute atomic E-state index is 10.6. The molecule has 0 bridgehead atoms. The van der Waals surface area contributed by atoms with E-state index in [0.29, 0.717) is 6.54 Å². The van der Waals surface area contributed by atoms with Crippen molar-refractivity contribution in [3.05, 3.63) is 35.9 Å². The number of hydrogen-bond acceptors (Lipinski definition) is 3. The molecule has 2 rings (SSSR count). The molecule has 20 heavy (non-hydrogen) atoms. The molecule has 3 N–H and O–H groups in total. The summed E-state index contributed by atoms with van der Waals surface area (Å²) in [6, 6.07) is 10.2. The minimum atomic E-state index is -0.583. The summed E-state index contributed by atoms with van der Waals surface area (Å²) in [6.07, 6.45) is 7.24. The standard InChI is InChI=1S/C17H27NO2/c19-13-16(12-15-8-4-3-5-9-15)18-14-17(20)10-6-1-2-7-11-17/h3-5,8-9,16,18-20H,1-2,6-7,10-14H2. The van der Waals surface area contributed by atoms with Crippen LogP contribution in [0, 0.1) is 0 Å². The molecule has 1 atom stereocenters. The van der Waals surface area contributed by atoms with E-state index in [4.69, 9.17) is 0 Å². The molecule has 1 aliphatic carbocycles. The fourth-order valence-corrected chi connectivity index (χ4v) is 3.00. The first-order chi connectivity index (χ1) is 9.72. The van der Waals surface area contributed by atoms with Gasteiger partial charge in [-0.05, 0) is 24.8 Å². The smallest absolute Gasteiger partial charge is 0.0771 e. The number of aliphatic hydroxyl groups is 2. The predicted octanol–water partition coefficient (Wildman–Crippen LogP) is 2.26. The zero-order chi connectivity index (χ0) is 14.3. The zero-order valence-corrected chi connectivity index (χ0v) is 12.2. The van der Waals surface area contributed by atoms with Gasteiger partial charge in [0.05, 0.1) is 12.2 Å². The van der Waals surface area contributed by atoms with Gasteiger partial charge in [-0.15, -0.1) is 0 Å². The minimum Gasteiger partial charge on any atom is -0.395 e. The molecule has 112 valence electrons. The summed E-state index contributed by atoms with van der Waals surface area (Å²) in [4.78, 5) is 0. The lowest BCUT2D eigenvalue weighted by molar-refractivity contribution is 0.0208. The van der Waals surface area contributed by atoms with E-state index in [1.165, 1.54) is 18.4 Å². The van der Waals surface area contributed by atoms with Gasteiger partial charge in [0.15, 0.2) is 0 Å². The Kier molecular flexibility index (Phi) is 6.02. The topological polar surface area (TPSA) is 52.5 Å². The van der Waals surface area contributed by atoms with E-state index in [-0.39, 0.29) is 12.6 Å². The summed E-state index contributed by atoms with van der Waals surface area (Å²) >= 11 is 0. The predicted molar refractivity (Wildman–Crippen MR) is 81.7 cm³/mol. The lowest BCUT2D eigenvalue weighted by Crippen LogP contribution is -2.46. The van der Waals surface area contributed by atoms with Crippen LogP contribution in [-0.4, -0.2) is 35.0 Å². The number of hydrogen-bond donors (Lipinski definition) is 3. The fraction of sp³-hybridized carbons (Fsp3) is 0.647. The van der Waals surface area contributed by atoms with Crippen LogP contribution in [0.3, 0.4) is 0 Å². The molecule has 0 aromatic heterocycles. The Morgan fingerprint density at radius 2 is 1.70 bits per heavy atom. The van der Waals surface area contributed by atoms with Crippen LogP contribution < -0.4 is 5.32 Å². The van der Waals surface area contributed by atoms with E-state index in [0.717, 1.165) is 32.1 Å². The quantitative estimate of drug-likeness (QED) is 0.699. The third-order valence-electron chi connectivity index (χ3n) is 4.30. The van der Waals surface area contributed by atoms with Crippen molar-refractivity contribution in [2.45, 2.75) is 56.6 Å². The highest BCUT2D eigenvalue weighted by Gasteiger charge is 2.28. The van der Waals surface area contributed by atoms with Gasteiger partial charge in [0.1, 0.15) is 0 Å². The van der Waals surface area contributed by atoms with Crippen molar-refractivity contribution in [1.82, 2.24) is 5.32 Å². The summed E-state index contributed by atoms with van der Waals surface area (Å²) < 4.78 is 0. The van der Waals surface area contributed by atoms with E-state index in [1.54, 1.807) is 0 Å². The average Bonchev–Trinajstić information content (AvgIpc) is 2.70. The van der Waals surface area contributed by atoms with Crippen LogP contribution in [0.25, 0.3) is 0 Å². The Morgan fingerprint density at radius 1 is 1.05 bits per heavy atom. The Balaban J connectivity index is 1.83. The molecule has 0 amide bonds. The van der Waals surface area contributed by atoms with E-state index >= 15 is 0 Å². The van der Waals surface area contributed by atoms with E-state index in [9.17, 15) is 10.2 Å². The molecule has 1 aromatic rings. The highest BCUT2D eigenvalue weighted by molar-refractivity contribution is 5.15. The van der Waals surface area contributed by atoms with Crippen LogP contribution in [0.4, 0.5) is 0 Å². The largest absolute Gasteiger partial charge is 0.395 e. The van der Waals surface area contributed by atoms with Crippen molar-refractivity contribution in [2.24, 2.45) is 0 Å². The van der Waals surface area contributed by atoms with Crippen LogP contribution in [0.1, 0.15) is 44.1 Å². The lowest BCUT2D eigenvalue weighted by Gasteiger charge is -2.29. The van der Waals surface area contributed by atoms with Crippen LogP contribution in [0.2, 0.25) is 0 Å². The summed E-state index contributed by atoms with van der Waals surface area (Å²) in [5.74, 6) is 0. The summed E-state index contributed by atoms with van der Waals surface area (Å²) in [6.45, 7) is 0.691. The number of rotatable bonds is 6. The molecule has 3 nitrogen and oxygen atoms in total. The Hall–Kier alpha value is -0.900. The third kappa shape index (κ3) is 4.89. The minimum absolute atomic E-state index is 0.0182. The van der Waals surface area contributed by atoms with Gasteiger partial charge in [-0.25, -0.2) is 0 Å². The fourth-order valence-electron chi connectivity index (χ4n) is 3.00. The van der Waals surface area contributed by atoms with E-state index in [1.807, 2.05) is 18.2 Å². The molecular formula is C17H27NO2. The van der Waals surface area contributed by atoms with Gasteiger partial charge >= 0.3 is 0 Å². The molecule has 1 aromatic carbocycles. The number of aliphatic hydroxyl groups excluding tert-OH is 1. The van der Waals surface area contributed by atoms with Crippen LogP contribution in [0.5, 0.6) is 0 Å². The Bertz CT molecular complexity index is 372. The van der Waals surface area contributed by atoms with Crippen LogP contribution in [-0.2, 0) is 6.42 Å². The molecule has 0 spiro atoms. The second-order valence-electron chi connectivity index (χ2n) is 6.09. The molecule has 1 aliphatic rings. The first-order valence-electron chi connectivity index (χ1n) is 7.82. The normalized spacial score (nSPS) is 20.3. The van der Waals surface area contributed by atoms with E-state index < -0.39 is 5.60 Å². The van der Waals surface area contributed by atoms with Crippen molar-refractivity contribution in [2.75, 3.05) is 13.2 Å². The maximum Gasteiger partial charge on any atom is 0.0771 e. The van der Waals surface area contributed by atoms with Crippen molar-refractivity contribution in [1.29, 1.82) is 0 Å². The van der Waals surface area contributed by atoms with Gasteiger partial charge in [-0.2, -0.15) is 0 Å². The number of benzene rings is 1. The molecule has 1 fully saturated rings. The second kappa shape index (κ2) is 7.77. The molecule has 0 saturated heterocycles. The zero-order valence-electron chi connectivity index (χ0n) is 12.2. The highest BCUT2D eigenvalue weighted by atomic mass is 16.3. The molecular weight excluding hydrogens is 250 g/mol. The first-order valence-corrected chi connectivity index (χ1v) is 7.82. The molecule has 0 heterocycles. The maximum atomic E-state index is 10.6. The number of nitrogens with one attached hydrogen (secondary N) is 1. The Morgan fingerprint density at radius 3 is 2.30 bits per heavy atom. The molecule has 0 radical (unpaired) electrons. The van der Waals surface area contributed by atoms with Gasteiger partial charge < -0.3 is 15.5 Å². The van der Waals surface area contributed by atoms with Crippen LogP contribution >= 0.6 is 0 Å². The molecule has 0 aliphatic heterocycles. The van der Waals surface area contributed by atoms with Gasteiger partial charge in [0.25, 0.3) is 0 Å². The first kappa shape index (κ1) is 15.5. The lowest BCUT2D eigenvalue weighted by atomic mass is 9.94. The second-order valence-corrected chi connectivity index (χ2v) is 6.09. The van der Waals surface area contributed by atoms with Crippen LogP contribution in [0.15, 0.2) is 30.3 Å². The summed E-state index contributed by atoms with van der Waals surface area (Å²) in [7, 11) is 0. The molecule has 1 saturated carbocycles. The average molecular weight is 277 g/mol. The third-order valence-corrected chi connectivity index (χ3v) is 4.30. The molecule has 3 heteroatoms.